The maximum Gasteiger partial charge on any atom is 0.171 e. The lowest BCUT2D eigenvalue weighted by Crippen LogP contribution is -2.13. The third kappa shape index (κ3) is 2.98. The molecule has 0 amide bonds. The number of oxime groups is 1. The fourth-order valence-electron chi connectivity index (χ4n) is 1.30. The molecule has 1 aromatic heterocycles. The molecule has 0 aliphatic carbocycles. The third-order valence-electron chi connectivity index (χ3n) is 2.16. The zero-order valence-corrected chi connectivity index (χ0v) is 10.1. The molecule has 2 aromatic rings. The molecular formula is C12H10FN3OS. The van der Waals surface area contributed by atoms with Gasteiger partial charge in [0.05, 0.1) is 0 Å². The molecular weight excluding hydrogens is 253 g/mol. The third-order valence-corrected chi connectivity index (χ3v) is 3.10. The molecule has 0 fully saturated rings. The van der Waals surface area contributed by atoms with Gasteiger partial charge in [-0.2, -0.15) is 0 Å². The molecule has 0 aliphatic rings. The first kappa shape index (κ1) is 12.4. The number of nitrogens with two attached hydrogens (primary N) is 1. The Hall–Kier alpha value is -2.08. The van der Waals surface area contributed by atoms with Gasteiger partial charge in [-0.3, -0.25) is 0 Å². The highest BCUT2D eigenvalue weighted by molar-refractivity contribution is 7.99. The van der Waals surface area contributed by atoms with E-state index in [2.05, 4.69) is 10.1 Å². The normalized spacial score (nSPS) is 11.5. The van der Waals surface area contributed by atoms with Crippen LogP contribution in [0.15, 0.2) is 57.7 Å². The van der Waals surface area contributed by atoms with Crippen LogP contribution in [0.25, 0.3) is 0 Å². The van der Waals surface area contributed by atoms with Crippen molar-refractivity contribution < 1.29 is 9.60 Å². The first-order valence-electron chi connectivity index (χ1n) is 5.06. The number of halogens is 1. The van der Waals surface area contributed by atoms with Crippen molar-refractivity contribution in [1.29, 1.82) is 0 Å². The number of hydrogen-bond acceptors (Lipinski definition) is 4. The summed E-state index contributed by atoms with van der Waals surface area (Å²) in [5.74, 6) is -0.280. The average Bonchev–Trinajstić information content (AvgIpc) is 2.39. The van der Waals surface area contributed by atoms with E-state index in [9.17, 15) is 4.39 Å². The Bertz CT molecular complexity index is 572. The molecule has 0 saturated carbocycles. The fraction of sp³-hybridized carbons (Fsp3) is 0. The molecule has 18 heavy (non-hydrogen) atoms. The Morgan fingerprint density at radius 1 is 1.33 bits per heavy atom. The summed E-state index contributed by atoms with van der Waals surface area (Å²) in [6.45, 7) is 0. The molecule has 0 bridgehead atoms. The van der Waals surface area contributed by atoms with Crippen LogP contribution >= 0.6 is 11.8 Å². The fourth-order valence-corrected chi connectivity index (χ4v) is 2.10. The van der Waals surface area contributed by atoms with Gasteiger partial charge in [-0.25, -0.2) is 9.37 Å². The summed E-state index contributed by atoms with van der Waals surface area (Å²) in [5.41, 5.74) is 5.95. The molecule has 3 N–H and O–H groups in total. The van der Waals surface area contributed by atoms with Crippen LogP contribution in [0.4, 0.5) is 4.39 Å². The van der Waals surface area contributed by atoms with E-state index < -0.39 is 0 Å². The van der Waals surface area contributed by atoms with Crippen molar-refractivity contribution >= 4 is 17.6 Å². The zero-order chi connectivity index (χ0) is 13.0. The standard InChI is InChI=1S/C12H10FN3OS/c13-9-2-1-3-10(6-9)18-11-5-4-8(7-15-11)12(14)16-17/h1-7,17H,(H2,14,16). The Morgan fingerprint density at radius 3 is 2.78 bits per heavy atom. The first-order chi connectivity index (χ1) is 8.69. The summed E-state index contributed by atoms with van der Waals surface area (Å²) in [5, 5.41) is 12.1. The number of amidine groups is 1. The van der Waals surface area contributed by atoms with E-state index in [0.717, 1.165) is 4.90 Å². The van der Waals surface area contributed by atoms with Crippen LogP contribution in [0.5, 0.6) is 0 Å². The van der Waals surface area contributed by atoms with E-state index in [0.29, 0.717) is 10.6 Å². The van der Waals surface area contributed by atoms with E-state index in [1.807, 2.05) is 0 Å². The van der Waals surface area contributed by atoms with E-state index in [4.69, 9.17) is 10.9 Å². The second-order valence-corrected chi connectivity index (χ2v) is 4.52. The number of rotatable bonds is 3. The average molecular weight is 263 g/mol. The SMILES string of the molecule is NC(=NO)c1ccc(Sc2cccc(F)c2)nc1. The Balaban J connectivity index is 2.16. The number of nitrogens with zero attached hydrogens (tertiary/aromatic N) is 2. The smallest absolute Gasteiger partial charge is 0.171 e. The molecule has 92 valence electrons. The van der Waals surface area contributed by atoms with Crippen molar-refractivity contribution in [3.8, 4) is 0 Å². The van der Waals surface area contributed by atoms with Gasteiger partial charge >= 0.3 is 0 Å². The van der Waals surface area contributed by atoms with Crippen molar-refractivity contribution in [3.63, 3.8) is 0 Å². The van der Waals surface area contributed by atoms with Crippen LogP contribution in [0.2, 0.25) is 0 Å². The molecule has 0 saturated heterocycles. The predicted molar refractivity (Wildman–Crippen MR) is 67.3 cm³/mol. The van der Waals surface area contributed by atoms with Crippen LogP contribution in [0, 0.1) is 5.82 Å². The molecule has 4 nitrogen and oxygen atoms in total. The van der Waals surface area contributed by atoms with E-state index in [1.54, 1.807) is 24.3 Å². The van der Waals surface area contributed by atoms with Gasteiger partial charge in [0.2, 0.25) is 0 Å². The summed E-state index contributed by atoms with van der Waals surface area (Å²) >= 11 is 1.34. The monoisotopic (exact) mass is 263 g/mol. The maximum absolute atomic E-state index is 13.0. The Kier molecular flexibility index (Phi) is 3.78. The Morgan fingerprint density at radius 2 is 2.17 bits per heavy atom. The minimum Gasteiger partial charge on any atom is -0.409 e. The van der Waals surface area contributed by atoms with Crippen molar-refractivity contribution in [3.05, 3.63) is 54.0 Å². The molecule has 1 aromatic carbocycles. The second-order valence-electron chi connectivity index (χ2n) is 3.43. The number of pyridine rings is 1. The lowest BCUT2D eigenvalue weighted by Gasteiger charge is -2.02. The summed E-state index contributed by atoms with van der Waals surface area (Å²) in [6, 6.07) is 9.67. The van der Waals surface area contributed by atoms with Crippen molar-refractivity contribution in [2.24, 2.45) is 10.9 Å². The highest BCUT2D eigenvalue weighted by atomic mass is 32.2. The minimum atomic E-state index is -0.284. The lowest BCUT2D eigenvalue weighted by atomic mass is 10.3. The number of benzene rings is 1. The van der Waals surface area contributed by atoms with Gasteiger partial charge < -0.3 is 10.9 Å². The maximum atomic E-state index is 13.0. The van der Waals surface area contributed by atoms with Crippen molar-refractivity contribution in [2.45, 2.75) is 9.92 Å². The van der Waals surface area contributed by atoms with Gasteiger partial charge in [0.25, 0.3) is 0 Å². The molecule has 0 spiro atoms. The molecule has 0 radical (unpaired) electrons. The van der Waals surface area contributed by atoms with Crippen LogP contribution in [-0.4, -0.2) is 16.0 Å². The highest BCUT2D eigenvalue weighted by Gasteiger charge is 2.03. The summed E-state index contributed by atoms with van der Waals surface area (Å²) in [4.78, 5) is 4.90. The summed E-state index contributed by atoms with van der Waals surface area (Å²) in [7, 11) is 0. The zero-order valence-electron chi connectivity index (χ0n) is 9.25. The largest absolute Gasteiger partial charge is 0.409 e. The molecule has 0 aliphatic heterocycles. The lowest BCUT2D eigenvalue weighted by molar-refractivity contribution is 0.318. The van der Waals surface area contributed by atoms with Gasteiger partial charge in [-0.05, 0) is 30.3 Å². The minimum absolute atomic E-state index is 0.00445. The van der Waals surface area contributed by atoms with Gasteiger partial charge in [0.1, 0.15) is 10.8 Å². The van der Waals surface area contributed by atoms with Crippen LogP contribution < -0.4 is 5.73 Å². The van der Waals surface area contributed by atoms with Crippen LogP contribution in [-0.2, 0) is 0 Å². The van der Waals surface area contributed by atoms with E-state index in [-0.39, 0.29) is 11.7 Å². The number of hydrogen-bond donors (Lipinski definition) is 2. The first-order valence-corrected chi connectivity index (χ1v) is 5.88. The topological polar surface area (TPSA) is 71.5 Å². The second kappa shape index (κ2) is 5.50. The Labute approximate surface area is 107 Å². The predicted octanol–water partition coefficient (Wildman–Crippen LogP) is 2.47. The van der Waals surface area contributed by atoms with Gasteiger partial charge in [0, 0.05) is 16.7 Å². The van der Waals surface area contributed by atoms with Crippen molar-refractivity contribution in [1.82, 2.24) is 4.98 Å². The molecule has 6 heteroatoms. The number of aromatic nitrogens is 1. The quantitative estimate of drug-likeness (QED) is 0.386. The van der Waals surface area contributed by atoms with E-state index >= 15 is 0 Å². The summed E-state index contributed by atoms with van der Waals surface area (Å²) in [6.07, 6.45) is 1.50. The van der Waals surface area contributed by atoms with Gasteiger partial charge in [0.15, 0.2) is 5.84 Å². The molecule has 0 atom stereocenters. The molecule has 0 unspecified atom stereocenters. The van der Waals surface area contributed by atoms with Gasteiger partial charge in [-0.15, -0.1) is 0 Å². The highest BCUT2D eigenvalue weighted by Crippen LogP contribution is 2.26. The van der Waals surface area contributed by atoms with Crippen LogP contribution in [0.3, 0.4) is 0 Å². The molecule has 2 rings (SSSR count). The summed E-state index contributed by atoms with van der Waals surface area (Å²) < 4.78 is 13.0. The molecule has 1 heterocycles. The van der Waals surface area contributed by atoms with E-state index in [1.165, 1.54) is 30.1 Å². The van der Waals surface area contributed by atoms with Crippen molar-refractivity contribution in [2.75, 3.05) is 0 Å². The van der Waals surface area contributed by atoms with Crippen LogP contribution in [0.1, 0.15) is 5.56 Å². The van der Waals surface area contributed by atoms with Gasteiger partial charge in [-0.1, -0.05) is 23.0 Å².